The van der Waals surface area contributed by atoms with Gasteiger partial charge in [0.15, 0.2) is 0 Å². The maximum Gasteiger partial charge on any atom is 0.305 e. The Morgan fingerprint density at radius 1 is 0.527 bits per heavy atom. The number of hydrogen-bond donors (Lipinski definition) is 14. The molecule has 74 heavy (non-hydrogen) atoms. The van der Waals surface area contributed by atoms with Gasteiger partial charge in [0.25, 0.3) is 0 Å². The van der Waals surface area contributed by atoms with Crippen LogP contribution in [0.3, 0.4) is 0 Å². The Balaban J connectivity index is 2.13. The van der Waals surface area contributed by atoms with Crippen LogP contribution in [-0.4, -0.2) is 199 Å². The van der Waals surface area contributed by atoms with Gasteiger partial charge in [0.05, 0.1) is 19.4 Å². The lowest BCUT2D eigenvalue weighted by Crippen LogP contribution is -2.61. The highest BCUT2D eigenvalue weighted by Gasteiger charge is 2.42. The molecule has 0 aromatic rings. The first-order chi connectivity index (χ1) is 34.7. The molecule has 14 N–H and O–H groups in total. The molecule has 0 spiro atoms. The Hall–Kier alpha value is -7.60. The Morgan fingerprint density at radius 3 is 1.42 bits per heavy atom. The molecule has 0 aliphatic carbocycles. The van der Waals surface area contributed by atoms with Gasteiger partial charge >= 0.3 is 23.9 Å². The largest absolute Gasteiger partial charge is 0.481 e. The summed E-state index contributed by atoms with van der Waals surface area (Å²) in [6.45, 7) is 1.76. The molecule has 9 atom stereocenters. The van der Waals surface area contributed by atoms with Crippen molar-refractivity contribution in [1.29, 1.82) is 0 Å². The molecule has 31 heteroatoms. The van der Waals surface area contributed by atoms with Gasteiger partial charge in [0.1, 0.15) is 54.4 Å². The smallest absolute Gasteiger partial charge is 0.305 e. The Bertz CT molecular complexity index is 2210. The number of thiol groups is 1. The van der Waals surface area contributed by atoms with Crippen molar-refractivity contribution in [3.05, 3.63) is 0 Å². The van der Waals surface area contributed by atoms with Crippen LogP contribution in [0.4, 0.5) is 0 Å². The van der Waals surface area contributed by atoms with Crippen LogP contribution in [0, 0.1) is 5.92 Å². The first-order valence-corrected chi connectivity index (χ1v) is 24.1. The van der Waals surface area contributed by atoms with Crippen LogP contribution in [-0.2, 0) is 71.9 Å². The minimum Gasteiger partial charge on any atom is -0.481 e. The van der Waals surface area contributed by atoms with E-state index < -0.39 is 213 Å². The van der Waals surface area contributed by atoms with Gasteiger partial charge in [-0.25, -0.2) is 0 Å². The number of primary amides is 1. The van der Waals surface area contributed by atoms with Crippen molar-refractivity contribution in [3.63, 3.8) is 0 Å². The van der Waals surface area contributed by atoms with E-state index in [1.807, 2.05) is 0 Å². The summed E-state index contributed by atoms with van der Waals surface area (Å²) in [6, 6.07) is -15.0. The van der Waals surface area contributed by atoms with Gasteiger partial charge in [0, 0.05) is 38.1 Å². The second-order valence-corrected chi connectivity index (χ2v) is 18.4. The first-order valence-electron chi connectivity index (χ1n) is 23.5. The zero-order valence-electron chi connectivity index (χ0n) is 40.4. The predicted octanol–water partition coefficient (Wildman–Crippen LogP) is -5.98. The van der Waals surface area contributed by atoms with E-state index >= 15 is 0 Å². The summed E-state index contributed by atoms with van der Waals surface area (Å²) in [5.41, 5.74) is 5.35. The van der Waals surface area contributed by atoms with Crippen molar-refractivity contribution >= 4 is 101 Å². The standard InChI is InChI=1S/C43H63N11O19S/c1-19(2)34-41(71)50-24(16-33(63)64)37(67)48-22(9-12-31(59)60)42(72)53-13-3-5-26(53)39(69)45-17-29(56)46-20(8-11-30(57)58)35(65)49-23(15-32(61)62)38(68)51-25(18-74)43(73)54-14-4-6-27(54)40(70)47-21(36(66)52-34)7-10-28(44)55/h19-27,34,74H,3-18H2,1-2H3,(H2,44,55)(H,45,69)(H,46,56)(H,47,70)(H,48,67)(H,49,65)(H,50,71)(H,51,68)(H,52,66)(H,57,58)(H,59,60)(H,61,62)(H,63,64)/t20-,21+,22-,23-,24-,25-,26-,27-,34-/m0/s1. The van der Waals surface area contributed by atoms with Crippen LogP contribution >= 0.6 is 12.6 Å². The van der Waals surface area contributed by atoms with E-state index in [4.69, 9.17) is 5.73 Å². The van der Waals surface area contributed by atoms with Crippen molar-refractivity contribution in [2.24, 2.45) is 11.7 Å². The van der Waals surface area contributed by atoms with E-state index in [2.05, 4.69) is 55.2 Å². The van der Waals surface area contributed by atoms with Gasteiger partial charge in [0.2, 0.25) is 65.0 Å². The minimum absolute atomic E-state index is 0.00870. The minimum atomic E-state index is -1.98. The van der Waals surface area contributed by atoms with E-state index in [9.17, 15) is 92.3 Å². The number of carbonyl (C=O) groups is 15. The second-order valence-electron chi connectivity index (χ2n) is 18.0. The summed E-state index contributed by atoms with van der Waals surface area (Å²) in [4.78, 5) is 199. The third-order valence-electron chi connectivity index (χ3n) is 12.0. The van der Waals surface area contributed by atoms with Crippen LogP contribution in [0.5, 0.6) is 0 Å². The Labute approximate surface area is 427 Å². The lowest BCUT2D eigenvalue weighted by atomic mass is 10.0. The molecule has 0 radical (unpaired) electrons. The molecule has 3 fully saturated rings. The highest BCUT2D eigenvalue weighted by atomic mass is 32.1. The molecule has 3 heterocycles. The maximum atomic E-state index is 14.1. The molecule has 0 aromatic carbocycles. The number of carbonyl (C=O) groups excluding carboxylic acids is 11. The molecule has 3 aliphatic rings. The summed E-state index contributed by atoms with van der Waals surface area (Å²) in [6.07, 6.45) is -5.56. The monoisotopic (exact) mass is 1070 g/mol. The third kappa shape index (κ3) is 18.5. The molecule has 0 saturated carbocycles. The quantitative estimate of drug-likeness (QED) is 0.0679. The van der Waals surface area contributed by atoms with E-state index in [0.29, 0.717) is 0 Å². The van der Waals surface area contributed by atoms with E-state index in [1.165, 1.54) is 13.8 Å². The van der Waals surface area contributed by atoms with Gasteiger partial charge in [-0.05, 0) is 50.9 Å². The summed E-state index contributed by atoms with van der Waals surface area (Å²) in [5.74, 6) is -19.3. The highest BCUT2D eigenvalue weighted by Crippen LogP contribution is 2.22. The van der Waals surface area contributed by atoms with Crippen molar-refractivity contribution < 1.29 is 92.3 Å². The van der Waals surface area contributed by atoms with E-state index in [1.54, 1.807) is 0 Å². The number of carboxylic acid groups (broad SMARTS) is 4. The SMILES string of the molecule is CC(C)[C@@H]1NC(=O)[C@@H](CCC(N)=O)NC(=O)[C@@H]2CCCN2C(=O)[C@H](CS)NC(=O)[C@H](CC(=O)O)NC(=O)[C@H](CCC(=O)O)NC(=O)CNC(=O)[C@@H]2CCCN2C(=O)[C@H](CCC(=O)O)NC(=O)[C@H](CC(=O)O)NC1=O. The molecule has 30 nitrogen and oxygen atoms in total. The number of nitrogens with zero attached hydrogens (tertiary/aromatic N) is 2. The van der Waals surface area contributed by atoms with Gasteiger partial charge in [-0.2, -0.15) is 12.6 Å². The number of fused-ring (bicyclic) bond motifs is 2. The lowest BCUT2D eigenvalue weighted by Gasteiger charge is -2.31. The Morgan fingerprint density at radius 2 is 0.932 bits per heavy atom. The molecule has 0 aromatic heterocycles. The highest BCUT2D eigenvalue weighted by molar-refractivity contribution is 7.80. The van der Waals surface area contributed by atoms with Crippen molar-refractivity contribution in [3.8, 4) is 0 Å². The number of hydrogen-bond acceptors (Lipinski definition) is 16. The Kier molecular flexibility index (Phi) is 23.5. The number of nitrogens with one attached hydrogen (secondary N) is 8. The summed E-state index contributed by atoms with van der Waals surface area (Å²) in [5, 5.41) is 56.5. The predicted molar refractivity (Wildman–Crippen MR) is 251 cm³/mol. The van der Waals surface area contributed by atoms with Gasteiger partial charge in [-0.15, -0.1) is 0 Å². The fourth-order valence-corrected chi connectivity index (χ4v) is 8.49. The molecule has 3 aliphatic heterocycles. The third-order valence-corrected chi connectivity index (χ3v) is 12.4. The summed E-state index contributed by atoms with van der Waals surface area (Å²) in [7, 11) is 0. The molecular weight excluding hydrogens is 1010 g/mol. The topological polar surface area (TPSA) is 466 Å². The molecular formula is C43H63N11O19S. The van der Waals surface area contributed by atoms with Crippen molar-refractivity contribution in [2.75, 3.05) is 25.4 Å². The molecule has 11 amide bonds. The average molecular weight is 1070 g/mol. The van der Waals surface area contributed by atoms with Gasteiger partial charge < -0.3 is 78.5 Å². The van der Waals surface area contributed by atoms with Crippen LogP contribution in [0.15, 0.2) is 0 Å². The average Bonchev–Trinajstić information content (AvgIpc) is 4.02. The fraction of sp³-hybridized carbons (Fsp3) is 0.651. The zero-order valence-corrected chi connectivity index (χ0v) is 41.3. The normalized spacial score (nSPS) is 26.7. The second kappa shape index (κ2) is 28.6. The van der Waals surface area contributed by atoms with Crippen LogP contribution in [0.25, 0.3) is 0 Å². The van der Waals surface area contributed by atoms with E-state index in [-0.39, 0.29) is 38.8 Å². The van der Waals surface area contributed by atoms with Gasteiger partial charge in [-0.1, -0.05) is 13.8 Å². The molecule has 410 valence electrons. The van der Waals surface area contributed by atoms with Crippen molar-refractivity contribution in [2.45, 2.75) is 145 Å². The van der Waals surface area contributed by atoms with E-state index in [0.717, 1.165) is 9.80 Å². The van der Waals surface area contributed by atoms with Crippen LogP contribution in [0.1, 0.15) is 90.9 Å². The number of rotatable bonds is 15. The molecule has 0 bridgehead atoms. The molecule has 3 saturated heterocycles. The molecule has 3 rings (SSSR count). The first kappa shape index (κ1) is 60.7. The lowest BCUT2D eigenvalue weighted by molar-refractivity contribution is -0.145. The number of amides is 11. The summed E-state index contributed by atoms with van der Waals surface area (Å²) >= 11 is 4.15. The number of carboxylic acids is 4. The maximum absolute atomic E-state index is 14.1. The molecule has 0 unspecified atom stereocenters. The number of nitrogens with two attached hydrogens (primary N) is 1. The van der Waals surface area contributed by atoms with Crippen LogP contribution < -0.4 is 48.3 Å². The van der Waals surface area contributed by atoms with Crippen molar-refractivity contribution in [1.82, 2.24) is 52.3 Å². The zero-order chi connectivity index (χ0) is 55.6. The van der Waals surface area contributed by atoms with Gasteiger partial charge in [-0.3, -0.25) is 71.9 Å². The number of aliphatic carboxylic acids is 4. The summed E-state index contributed by atoms with van der Waals surface area (Å²) < 4.78 is 0. The fourth-order valence-electron chi connectivity index (χ4n) is 8.24. The van der Waals surface area contributed by atoms with Crippen LogP contribution in [0.2, 0.25) is 0 Å².